The minimum absolute atomic E-state index is 0.0973. The van der Waals surface area contributed by atoms with Crippen molar-refractivity contribution in [1.82, 2.24) is 5.32 Å². The fraction of sp³-hybridized carbons (Fsp3) is 0.533. The maximum atomic E-state index is 13.2. The van der Waals surface area contributed by atoms with Gasteiger partial charge in [-0.1, -0.05) is 6.07 Å². The Morgan fingerprint density at radius 2 is 2.05 bits per heavy atom. The first kappa shape index (κ1) is 14.0. The van der Waals surface area contributed by atoms with Gasteiger partial charge in [0.1, 0.15) is 11.9 Å². The standard InChI is InChI=1S/C15H19FN2O/c16-15-6-3-12(7-13(15)8-17)10-18-9-11-1-4-14(19)5-2-11/h3,6-7,11,14,18-19H,1-2,4-5,9-10H2. The second kappa shape index (κ2) is 6.65. The van der Waals surface area contributed by atoms with Gasteiger partial charge in [0.25, 0.3) is 0 Å². The Hall–Kier alpha value is -1.44. The number of benzene rings is 1. The van der Waals surface area contributed by atoms with Crippen molar-refractivity contribution >= 4 is 0 Å². The minimum Gasteiger partial charge on any atom is -0.393 e. The molecule has 0 saturated heterocycles. The van der Waals surface area contributed by atoms with Crippen LogP contribution < -0.4 is 5.32 Å². The van der Waals surface area contributed by atoms with Gasteiger partial charge in [-0.05, 0) is 55.8 Å². The normalized spacial score (nSPS) is 23.0. The number of nitrogens with one attached hydrogen (secondary N) is 1. The Balaban J connectivity index is 1.78. The number of halogens is 1. The average Bonchev–Trinajstić information content (AvgIpc) is 2.43. The van der Waals surface area contributed by atoms with E-state index in [4.69, 9.17) is 5.26 Å². The molecule has 2 rings (SSSR count). The Kier molecular flexibility index (Phi) is 4.89. The fourth-order valence-corrected chi connectivity index (χ4v) is 2.54. The number of hydrogen-bond acceptors (Lipinski definition) is 3. The van der Waals surface area contributed by atoms with Crippen LogP contribution in [0.15, 0.2) is 18.2 Å². The number of rotatable bonds is 4. The van der Waals surface area contributed by atoms with Crippen molar-refractivity contribution in [1.29, 1.82) is 5.26 Å². The summed E-state index contributed by atoms with van der Waals surface area (Å²) in [5.41, 5.74) is 1.02. The summed E-state index contributed by atoms with van der Waals surface area (Å²) in [6.07, 6.45) is 3.77. The third-order valence-corrected chi connectivity index (χ3v) is 3.73. The summed E-state index contributed by atoms with van der Waals surface area (Å²) in [5, 5.41) is 21.5. The lowest BCUT2D eigenvalue weighted by atomic mass is 9.87. The van der Waals surface area contributed by atoms with Gasteiger partial charge in [-0.25, -0.2) is 4.39 Å². The van der Waals surface area contributed by atoms with Gasteiger partial charge >= 0.3 is 0 Å². The molecule has 0 atom stereocenters. The van der Waals surface area contributed by atoms with Crippen molar-refractivity contribution < 1.29 is 9.50 Å². The molecule has 0 radical (unpaired) electrons. The minimum atomic E-state index is -0.465. The fourth-order valence-electron chi connectivity index (χ4n) is 2.54. The molecule has 1 aromatic rings. The molecular weight excluding hydrogens is 243 g/mol. The largest absolute Gasteiger partial charge is 0.393 e. The molecule has 0 aromatic heterocycles. The summed E-state index contributed by atoms with van der Waals surface area (Å²) < 4.78 is 13.2. The highest BCUT2D eigenvalue weighted by Crippen LogP contribution is 2.23. The van der Waals surface area contributed by atoms with E-state index >= 15 is 0 Å². The summed E-state index contributed by atoms with van der Waals surface area (Å²) in [4.78, 5) is 0. The number of nitriles is 1. The van der Waals surface area contributed by atoms with E-state index in [9.17, 15) is 9.50 Å². The molecule has 0 heterocycles. The van der Waals surface area contributed by atoms with Crippen LogP contribution in [-0.4, -0.2) is 17.8 Å². The summed E-state index contributed by atoms with van der Waals surface area (Å²) in [6.45, 7) is 1.56. The lowest BCUT2D eigenvalue weighted by molar-refractivity contribution is 0.108. The van der Waals surface area contributed by atoms with E-state index in [1.165, 1.54) is 6.07 Å². The van der Waals surface area contributed by atoms with Crippen molar-refractivity contribution in [3.8, 4) is 6.07 Å². The molecule has 1 aliphatic carbocycles. The van der Waals surface area contributed by atoms with Crippen LogP contribution in [0.2, 0.25) is 0 Å². The lowest BCUT2D eigenvalue weighted by Gasteiger charge is -2.25. The second-order valence-electron chi connectivity index (χ2n) is 5.23. The van der Waals surface area contributed by atoms with Gasteiger partial charge in [0.2, 0.25) is 0 Å². The van der Waals surface area contributed by atoms with Crippen LogP contribution in [0, 0.1) is 23.1 Å². The zero-order valence-electron chi connectivity index (χ0n) is 10.9. The monoisotopic (exact) mass is 262 g/mol. The van der Waals surface area contributed by atoms with Gasteiger partial charge < -0.3 is 10.4 Å². The quantitative estimate of drug-likeness (QED) is 0.875. The molecule has 0 bridgehead atoms. The SMILES string of the molecule is N#Cc1cc(CNCC2CCC(O)CC2)ccc1F. The van der Waals surface area contributed by atoms with E-state index in [0.717, 1.165) is 37.8 Å². The van der Waals surface area contributed by atoms with E-state index in [2.05, 4.69) is 5.32 Å². The molecule has 102 valence electrons. The predicted octanol–water partition coefficient (Wildman–Crippen LogP) is 2.34. The van der Waals surface area contributed by atoms with Gasteiger partial charge in [-0.3, -0.25) is 0 Å². The molecule has 0 unspecified atom stereocenters. The summed E-state index contributed by atoms with van der Waals surface area (Å²) in [7, 11) is 0. The van der Waals surface area contributed by atoms with E-state index < -0.39 is 5.82 Å². The van der Waals surface area contributed by atoms with E-state index in [1.807, 2.05) is 6.07 Å². The topological polar surface area (TPSA) is 56.0 Å². The van der Waals surface area contributed by atoms with Crippen LogP contribution >= 0.6 is 0 Å². The maximum Gasteiger partial charge on any atom is 0.140 e. The molecule has 2 N–H and O–H groups in total. The highest BCUT2D eigenvalue weighted by Gasteiger charge is 2.18. The Morgan fingerprint density at radius 3 is 2.74 bits per heavy atom. The Bertz CT molecular complexity index is 462. The summed E-state index contributed by atoms with van der Waals surface area (Å²) >= 11 is 0. The van der Waals surface area contributed by atoms with Gasteiger partial charge in [-0.2, -0.15) is 5.26 Å². The zero-order valence-corrected chi connectivity index (χ0v) is 10.9. The van der Waals surface area contributed by atoms with Crippen LogP contribution in [0.25, 0.3) is 0 Å². The third kappa shape index (κ3) is 4.02. The molecule has 1 aromatic carbocycles. The molecular formula is C15H19FN2O. The van der Waals surface area contributed by atoms with Gasteiger partial charge in [0.05, 0.1) is 11.7 Å². The summed E-state index contributed by atoms with van der Waals surface area (Å²) in [5.74, 6) is 0.145. The number of nitrogens with zero attached hydrogens (tertiary/aromatic N) is 1. The van der Waals surface area contributed by atoms with E-state index in [1.54, 1.807) is 12.1 Å². The van der Waals surface area contributed by atoms with Crippen LogP contribution in [0.4, 0.5) is 4.39 Å². The molecule has 0 aliphatic heterocycles. The van der Waals surface area contributed by atoms with Crippen molar-refractivity contribution in [2.24, 2.45) is 5.92 Å². The second-order valence-corrected chi connectivity index (χ2v) is 5.23. The van der Waals surface area contributed by atoms with Gasteiger partial charge in [-0.15, -0.1) is 0 Å². The van der Waals surface area contributed by atoms with Crippen LogP contribution in [0.1, 0.15) is 36.8 Å². The molecule has 4 heteroatoms. The smallest absolute Gasteiger partial charge is 0.140 e. The molecule has 0 spiro atoms. The zero-order chi connectivity index (χ0) is 13.7. The Labute approximate surface area is 113 Å². The maximum absolute atomic E-state index is 13.2. The van der Waals surface area contributed by atoms with Crippen molar-refractivity contribution in [3.05, 3.63) is 35.1 Å². The molecule has 1 fully saturated rings. The van der Waals surface area contributed by atoms with Crippen molar-refractivity contribution in [3.63, 3.8) is 0 Å². The Morgan fingerprint density at radius 1 is 1.32 bits per heavy atom. The number of hydrogen-bond donors (Lipinski definition) is 2. The summed E-state index contributed by atoms with van der Waals surface area (Å²) in [6, 6.07) is 6.48. The third-order valence-electron chi connectivity index (χ3n) is 3.73. The van der Waals surface area contributed by atoms with Gasteiger partial charge in [0, 0.05) is 6.54 Å². The first-order valence-corrected chi connectivity index (χ1v) is 6.76. The lowest BCUT2D eigenvalue weighted by Crippen LogP contribution is -2.27. The first-order chi connectivity index (χ1) is 9.19. The predicted molar refractivity (Wildman–Crippen MR) is 70.8 cm³/mol. The first-order valence-electron chi connectivity index (χ1n) is 6.76. The highest BCUT2D eigenvalue weighted by molar-refractivity contribution is 5.34. The molecule has 19 heavy (non-hydrogen) atoms. The van der Waals surface area contributed by atoms with Crippen LogP contribution in [0.5, 0.6) is 0 Å². The van der Waals surface area contributed by atoms with Crippen LogP contribution in [0.3, 0.4) is 0 Å². The van der Waals surface area contributed by atoms with Gasteiger partial charge in [0.15, 0.2) is 0 Å². The average molecular weight is 262 g/mol. The molecule has 0 amide bonds. The molecule has 1 saturated carbocycles. The van der Waals surface area contributed by atoms with Crippen molar-refractivity contribution in [2.45, 2.75) is 38.3 Å². The van der Waals surface area contributed by atoms with Crippen LogP contribution in [-0.2, 0) is 6.54 Å². The number of aliphatic hydroxyl groups excluding tert-OH is 1. The number of aliphatic hydroxyl groups is 1. The molecule has 3 nitrogen and oxygen atoms in total. The molecule has 1 aliphatic rings. The van der Waals surface area contributed by atoms with E-state index in [-0.39, 0.29) is 11.7 Å². The van der Waals surface area contributed by atoms with Crippen molar-refractivity contribution in [2.75, 3.05) is 6.54 Å². The van der Waals surface area contributed by atoms with E-state index in [0.29, 0.717) is 12.5 Å². The highest BCUT2D eigenvalue weighted by atomic mass is 19.1.